The SMILES string of the molecule is CC(C)(C)OC(=O)N1[C@H](CN2C(=O)c3ccccc3C2=O)C23CC12C3. The fraction of sp³-hybridized carbons (Fsp3) is 0.526. The van der Waals surface area contributed by atoms with Gasteiger partial charge in [-0.05, 0) is 45.7 Å². The molecule has 1 aromatic carbocycles. The maximum absolute atomic E-state index is 12.6. The number of imide groups is 1. The Bertz CT molecular complexity index is 812. The lowest BCUT2D eigenvalue weighted by molar-refractivity contribution is -0.0140. The van der Waals surface area contributed by atoms with Gasteiger partial charge in [0.15, 0.2) is 0 Å². The molecule has 1 saturated heterocycles. The van der Waals surface area contributed by atoms with E-state index in [0.717, 1.165) is 12.8 Å². The first-order valence-corrected chi connectivity index (χ1v) is 8.68. The molecule has 0 bridgehead atoms. The van der Waals surface area contributed by atoms with Crippen molar-refractivity contribution in [3.05, 3.63) is 35.4 Å². The number of amides is 3. The Kier molecular flexibility index (Phi) is 2.42. The number of carbonyl (C=O) groups is 3. The van der Waals surface area contributed by atoms with E-state index in [1.165, 1.54) is 4.90 Å². The van der Waals surface area contributed by atoms with E-state index in [4.69, 9.17) is 4.74 Å². The van der Waals surface area contributed by atoms with Crippen LogP contribution < -0.4 is 0 Å². The first-order chi connectivity index (χ1) is 11.7. The second-order valence-electron chi connectivity index (χ2n) is 8.67. The third-order valence-corrected chi connectivity index (χ3v) is 6.13. The molecule has 0 unspecified atom stereocenters. The molecule has 1 aromatic rings. The third-order valence-electron chi connectivity index (χ3n) is 6.13. The summed E-state index contributed by atoms with van der Waals surface area (Å²) in [6.07, 6.45) is 1.60. The summed E-state index contributed by atoms with van der Waals surface area (Å²) in [5.74, 6) is -0.528. The average molecular weight is 340 g/mol. The number of likely N-dealkylation sites (tertiary alicyclic amines) is 1. The molecule has 130 valence electrons. The number of rotatable bonds is 2. The predicted octanol–water partition coefficient (Wildman–Crippen LogP) is 2.43. The molecule has 3 fully saturated rings. The van der Waals surface area contributed by atoms with Crippen molar-refractivity contribution < 1.29 is 19.1 Å². The minimum Gasteiger partial charge on any atom is -0.444 e. The Labute approximate surface area is 145 Å². The van der Waals surface area contributed by atoms with E-state index in [1.54, 1.807) is 29.2 Å². The van der Waals surface area contributed by atoms with E-state index in [0.29, 0.717) is 11.1 Å². The van der Waals surface area contributed by atoms with Crippen LogP contribution in [-0.2, 0) is 4.74 Å². The summed E-state index contributed by atoms with van der Waals surface area (Å²) in [4.78, 5) is 40.9. The number of carbonyl (C=O) groups excluding carboxylic acids is 3. The maximum Gasteiger partial charge on any atom is 0.411 e. The second-order valence-corrected chi connectivity index (χ2v) is 8.67. The van der Waals surface area contributed by atoms with Gasteiger partial charge in [-0.3, -0.25) is 19.4 Å². The molecular weight excluding hydrogens is 320 g/mol. The Morgan fingerprint density at radius 2 is 1.72 bits per heavy atom. The van der Waals surface area contributed by atoms with Crippen LogP contribution in [0.5, 0.6) is 0 Å². The minimum atomic E-state index is -0.560. The van der Waals surface area contributed by atoms with Crippen molar-refractivity contribution in [3.63, 3.8) is 0 Å². The summed E-state index contributed by atoms with van der Waals surface area (Å²) in [6, 6.07) is 6.76. The summed E-state index contributed by atoms with van der Waals surface area (Å²) in [6.45, 7) is 5.78. The lowest BCUT2D eigenvalue weighted by atomic mass is 10.0. The first kappa shape index (κ1) is 14.9. The maximum atomic E-state index is 12.6. The predicted molar refractivity (Wildman–Crippen MR) is 88.1 cm³/mol. The van der Waals surface area contributed by atoms with Gasteiger partial charge in [-0.15, -0.1) is 0 Å². The normalized spacial score (nSPS) is 34.1. The molecule has 2 heterocycles. The van der Waals surface area contributed by atoms with Crippen LogP contribution >= 0.6 is 0 Å². The molecule has 1 atom stereocenters. The largest absolute Gasteiger partial charge is 0.444 e. The summed E-state index contributed by atoms with van der Waals surface area (Å²) >= 11 is 0. The number of benzene rings is 1. The highest BCUT2D eigenvalue weighted by Gasteiger charge is 2.98. The van der Waals surface area contributed by atoms with E-state index in [9.17, 15) is 14.4 Å². The van der Waals surface area contributed by atoms with E-state index in [-0.39, 0.29) is 41.4 Å². The van der Waals surface area contributed by atoms with Crippen molar-refractivity contribution >= 4 is 17.9 Å². The van der Waals surface area contributed by atoms with Crippen LogP contribution in [-0.4, -0.2) is 51.4 Å². The molecule has 25 heavy (non-hydrogen) atoms. The molecule has 3 amide bonds. The summed E-state index contributed by atoms with van der Waals surface area (Å²) in [7, 11) is 0. The highest BCUT2D eigenvalue weighted by molar-refractivity contribution is 6.21. The molecule has 0 radical (unpaired) electrons. The smallest absolute Gasteiger partial charge is 0.411 e. The molecule has 4 aliphatic rings. The lowest BCUT2D eigenvalue weighted by Gasteiger charge is -2.41. The van der Waals surface area contributed by atoms with Gasteiger partial charge in [-0.25, -0.2) is 4.79 Å². The van der Waals surface area contributed by atoms with Crippen molar-refractivity contribution in [1.29, 1.82) is 0 Å². The van der Waals surface area contributed by atoms with Gasteiger partial charge in [0.1, 0.15) is 5.60 Å². The third kappa shape index (κ3) is 1.67. The zero-order chi connectivity index (χ0) is 17.8. The van der Waals surface area contributed by atoms with E-state index in [2.05, 4.69) is 0 Å². The van der Waals surface area contributed by atoms with Crippen LogP contribution in [0.15, 0.2) is 24.3 Å². The monoisotopic (exact) mass is 340 g/mol. The van der Waals surface area contributed by atoms with Crippen LogP contribution in [0.2, 0.25) is 0 Å². The summed E-state index contributed by atoms with van der Waals surface area (Å²) in [5.41, 5.74) is 0.422. The number of hydrogen-bond acceptors (Lipinski definition) is 4. The summed E-state index contributed by atoms with van der Waals surface area (Å²) < 4.78 is 5.54. The Morgan fingerprint density at radius 3 is 2.24 bits per heavy atom. The molecule has 0 spiro atoms. The highest BCUT2D eigenvalue weighted by Crippen LogP contribution is 2.91. The number of ether oxygens (including phenoxy) is 1. The fourth-order valence-electron chi connectivity index (χ4n) is 4.79. The Morgan fingerprint density at radius 1 is 1.16 bits per heavy atom. The number of nitrogens with zero attached hydrogens (tertiary/aromatic N) is 2. The van der Waals surface area contributed by atoms with E-state index in [1.807, 2.05) is 20.8 Å². The Hall–Kier alpha value is -2.37. The molecule has 6 nitrogen and oxygen atoms in total. The molecule has 6 heteroatoms. The lowest BCUT2D eigenvalue weighted by Crippen LogP contribution is -2.59. The first-order valence-electron chi connectivity index (χ1n) is 8.68. The van der Waals surface area contributed by atoms with Crippen LogP contribution in [0.25, 0.3) is 0 Å². The van der Waals surface area contributed by atoms with Crippen LogP contribution in [0.1, 0.15) is 54.3 Å². The van der Waals surface area contributed by atoms with Crippen LogP contribution in [0, 0.1) is 5.41 Å². The van der Waals surface area contributed by atoms with Gasteiger partial charge >= 0.3 is 6.09 Å². The molecular formula is C19H20N2O4. The second kappa shape index (κ2) is 4.06. The molecule has 0 aromatic heterocycles. The molecule has 2 aliphatic carbocycles. The van der Waals surface area contributed by atoms with E-state index >= 15 is 0 Å². The Balaban J connectivity index is 1.38. The molecule has 5 rings (SSSR count). The molecule has 0 N–H and O–H groups in total. The molecule has 2 aliphatic heterocycles. The number of fused-ring (bicyclic) bond motifs is 1. The van der Waals surface area contributed by atoms with Crippen molar-refractivity contribution in [1.82, 2.24) is 9.80 Å². The molecule has 2 saturated carbocycles. The summed E-state index contributed by atoms with van der Waals surface area (Å²) in [5, 5.41) is 0. The van der Waals surface area contributed by atoms with Gasteiger partial charge < -0.3 is 4.74 Å². The number of hydrogen-bond donors (Lipinski definition) is 0. The van der Waals surface area contributed by atoms with Crippen molar-refractivity contribution in [2.45, 2.75) is 50.8 Å². The highest BCUT2D eigenvalue weighted by atomic mass is 16.6. The minimum absolute atomic E-state index is 0.0430. The van der Waals surface area contributed by atoms with Crippen molar-refractivity contribution in [2.75, 3.05) is 6.54 Å². The van der Waals surface area contributed by atoms with Gasteiger partial charge in [-0.1, -0.05) is 12.1 Å². The quantitative estimate of drug-likeness (QED) is 0.776. The van der Waals surface area contributed by atoms with Crippen molar-refractivity contribution in [2.24, 2.45) is 5.41 Å². The zero-order valence-corrected chi connectivity index (χ0v) is 14.5. The average Bonchev–Trinajstić information content (AvgIpc) is 3.21. The zero-order valence-electron chi connectivity index (χ0n) is 14.5. The van der Waals surface area contributed by atoms with Gasteiger partial charge in [-0.2, -0.15) is 0 Å². The van der Waals surface area contributed by atoms with Gasteiger partial charge in [0, 0.05) is 5.41 Å². The van der Waals surface area contributed by atoms with Gasteiger partial charge in [0.2, 0.25) is 0 Å². The van der Waals surface area contributed by atoms with Gasteiger partial charge in [0.05, 0.1) is 29.3 Å². The fourth-order valence-corrected chi connectivity index (χ4v) is 4.79. The van der Waals surface area contributed by atoms with Crippen LogP contribution in [0.3, 0.4) is 0 Å². The van der Waals surface area contributed by atoms with Crippen LogP contribution in [0.4, 0.5) is 4.79 Å². The van der Waals surface area contributed by atoms with E-state index < -0.39 is 5.60 Å². The van der Waals surface area contributed by atoms with Gasteiger partial charge in [0.25, 0.3) is 11.8 Å². The standard InChI is InChI=1S/C19H20N2O4/c1-17(2,3)25-16(24)21-13(18-9-19(18,21)10-18)8-20-14(22)11-6-4-5-7-12(11)15(20)23/h4-7,13H,8-10H2,1-3H3/t13-,18?,19?/m1/s1. The topological polar surface area (TPSA) is 66.9 Å². The van der Waals surface area contributed by atoms with Crippen molar-refractivity contribution in [3.8, 4) is 0 Å².